The predicted molar refractivity (Wildman–Crippen MR) is 98.0 cm³/mol. The Labute approximate surface area is 157 Å². The molecule has 1 aromatic carbocycles. The van der Waals surface area contributed by atoms with Crippen LogP contribution in [0.15, 0.2) is 47.1 Å². The van der Waals surface area contributed by atoms with Gasteiger partial charge in [0.2, 0.25) is 0 Å². The quantitative estimate of drug-likeness (QED) is 0.612. The molecule has 1 aliphatic heterocycles. The van der Waals surface area contributed by atoms with E-state index in [2.05, 4.69) is 25.9 Å². The Balaban J connectivity index is 1.90. The zero-order chi connectivity index (χ0) is 18.5. The van der Waals surface area contributed by atoms with E-state index in [1.165, 1.54) is 4.90 Å². The van der Waals surface area contributed by atoms with Crippen molar-refractivity contribution in [3.05, 3.63) is 64.0 Å². The molecule has 136 valence electrons. The number of hydrogen-bond acceptors (Lipinski definition) is 2. The molecular formula is C19H17BrF3N3. The number of halogens is 4. The van der Waals surface area contributed by atoms with Gasteiger partial charge in [-0.25, -0.2) is 0 Å². The van der Waals surface area contributed by atoms with Gasteiger partial charge < -0.3 is 4.98 Å². The number of nitrogens with zero attached hydrogens (tertiary/aromatic N) is 2. The molecule has 0 radical (unpaired) electrons. The molecule has 0 saturated carbocycles. The van der Waals surface area contributed by atoms with E-state index in [9.17, 15) is 13.2 Å². The fourth-order valence-corrected chi connectivity index (χ4v) is 4.06. The van der Waals surface area contributed by atoms with Crippen molar-refractivity contribution in [2.45, 2.75) is 31.6 Å². The Hall–Kier alpha value is -1.86. The van der Waals surface area contributed by atoms with Gasteiger partial charge in [0, 0.05) is 33.3 Å². The Morgan fingerprint density at radius 3 is 2.69 bits per heavy atom. The zero-order valence-electron chi connectivity index (χ0n) is 14.0. The summed E-state index contributed by atoms with van der Waals surface area (Å²) in [5, 5.41) is 1.07. The Morgan fingerprint density at radius 1 is 1.23 bits per heavy atom. The van der Waals surface area contributed by atoms with Gasteiger partial charge in [-0.15, -0.1) is 0 Å². The number of aromatic nitrogens is 2. The van der Waals surface area contributed by atoms with Crippen molar-refractivity contribution >= 4 is 26.8 Å². The Morgan fingerprint density at radius 2 is 2.00 bits per heavy atom. The molecule has 0 saturated heterocycles. The zero-order valence-corrected chi connectivity index (χ0v) is 15.6. The van der Waals surface area contributed by atoms with Crippen LogP contribution in [0, 0.1) is 0 Å². The molecule has 0 unspecified atom stereocenters. The number of alkyl halides is 3. The molecule has 1 aliphatic rings. The van der Waals surface area contributed by atoms with E-state index in [-0.39, 0.29) is 6.04 Å². The van der Waals surface area contributed by atoms with Crippen LogP contribution in [0.3, 0.4) is 0 Å². The average Bonchev–Trinajstić information content (AvgIpc) is 2.94. The van der Waals surface area contributed by atoms with Crippen LogP contribution < -0.4 is 0 Å². The number of fused-ring (bicyclic) bond motifs is 3. The first-order chi connectivity index (χ1) is 12.3. The predicted octanol–water partition coefficient (Wildman–Crippen LogP) is 5.22. The van der Waals surface area contributed by atoms with Crippen LogP contribution in [-0.2, 0) is 6.42 Å². The van der Waals surface area contributed by atoms with Gasteiger partial charge in [0.25, 0.3) is 0 Å². The number of benzene rings is 1. The minimum atomic E-state index is -4.27. The summed E-state index contributed by atoms with van der Waals surface area (Å²) in [6, 6.07) is 10.6. The monoisotopic (exact) mass is 423 g/mol. The number of pyridine rings is 1. The Bertz CT molecular complexity index is 933. The van der Waals surface area contributed by atoms with E-state index in [0.29, 0.717) is 12.1 Å². The Kier molecular flexibility index (Phi) is 4.31. The molecular weight excluding hydrogens is 407 g/mol. The fourth-order valence-electron chi connectivity index (χ4n) is 3.83. The van der Waals surface area contributed by atoms with Crippen molar-refractivity contribution in [2.75, 3.05) is 6.54 Å². The maximum Gasteiger partial charge on any atom is 0.401 e. The molecule has 3 nitrogen and oxygen atoms in total. The van der Waals surface area contributed by atoms with Crippen LogP contribution in [0.2, 0.25) is 0 Å². The summed E-state index contributed by atoms with van der Waals surface area (Å²) in [5.74, 6) is 0. The third-order valence-electron chi connectivity index (χ3n) is 4.91. The van der Waals surface area contributed by atoms with Crippen molar-refractivity contribution in [3.8, 4) is 0 Å². The molecule has 0 spiro atoms. The lowest BCUT2D eigenvalue weighted by Crippen LogP contribution is -2.47. The number of H-pyrrole nitrogens is 1. The SMILES string of the molecule is C[C@@H]1Cc2c([nH]c3ccccc23)[C@@H](c2ccc(Br)cn2)N1CC(F)(F)F. The van der Waals surface area contributed by atoms with Gasteiger partial charge in [0.1, 0.15) is 0 Å². The molecule has 0 amide bonds. The molecule has 0 bridgehead atoms. The molecule has 7 heteroatoms. The van der Waals surface area contributed by atoms with E-state index in [0.717, 1.165) is 26.6 Å². The van der Waals surface area contributed by atoms with Gasteiger partial charge in [0.05, 0.1) is 18.3 Å². The molecule has 3 aromatic rings. The van der Waals surface area contributed by atoms with Crippen LogP contribution in [0.1, 0.15) is 29.9 Å². The summed E-state index contributed by atoms with van der Waals surface area (Å²) in [6.07, 6.45) is -2.07. The lowest BCUT2D eigenvalue weighted by atomic mass is 9.90. The summed E-state index contributed by atoms with van der Waals surface area (Å²) < 4.78 is 40.6. The van der Waals surface area contributed by atoms with E-state index in [1.54, 1.807) is 12.3 Å². The summed E-state index contributed by atoms with van der Waals surface area (Å²) in [6.45, 7) is 0.883. The van der Waals surface area contributed by atoms with E-state index in [4.69, 9.17) is 0 Å². The highest BCUT2D eigenvalue weighted by Gasteiger charge is 2.42. The first kappa shape index (κ1) is 17.5. The molecule has 3 heterocycles. The normalized spacial score (nSPS) is 21.1. The molecule has 2 atom stereocenters. The minimum Gasteiger partial charge on any atom is -0.357 e. The smallest absolute Gasteiger partial charge is 0.357 e. The lowest BCUT2D eigenvalue weighted by molar-refractivity contribution is -0.155. The van der Waals surface area contributed by atoms with Crippen molar-refractivity contribution in [3.63, 3.8) is 0 Å². The highest BCUT2D eigenvalue weighted by molar-refractivity contribution is 9.10. The molecule has 0 fully saturated rings. The first-order valence-electron chi connectivity index (χ1n) is 8.37. The third kappa shape index (κ3) is 3.14. The van der Waals surface area contributed by atoms with Crippen molar-refractivity contribution in [1.82, 2.24) is 14.9 Å². The molecule has 1 N–H and O–H groups in total. The maximum absolute atomic E-state index is 13.3. The van der Waals surface area contributed by atoms with Crippen molar-refractivity contribution in [1.29, 1.82) is 0 Å². The molecule has 2 aromatic heterocycles. The van der Waals surface area contributed by atoms with Crippen LogP contribution in [0.5, 0.6) is 0 Å². The van der Waals surface area contributed by atoms with Gasteiger partial charge >= 0.3 is 6.18 Å². The lowest BCUT2D eigenvalue weighted by Gasteiger charge is -2.40. The summed E-state index contributed by atoms with van der Waals surface area (Å²) >= 11 is 3.34. The van der Waals surface area contributed by atoms with Gasteiger partial charge in [0.15, 0.2) is 0 Å². The number of para-hydroxylation sites is 1. The number of rotatable bonds is 2. The van der Waals surface area contributed by atoms with Gasteiger partial charge in [-0.2, -0.15) is 13.2 Å². The highest BCUT2D eigenvalue weighted by atomic mass is 79.9. The standard InChI is InChI=1S/C19H17BrF3N3/c1-11-8-14-13-4-2-3-5-15(13)25-17(14)18(26(11)10-19(21,22)23)16-7-6-12(20)9-24-16/h2-7,9,11,18,25H,8,10H2,1H3/t11-,18-/m1/s1. The van der Waals surface area contributed by atoms with Gasteiger partial charge in [-0.05, 0) is 53.0 Å². The van der Waals surface area contributed by atoms with Crippen LogP contribution in [-0.4, -0.2) is 33.6 Å². The van der Waals surface area contributed by atoms with Crippen molar-refractivity contribution in [2.24, 2.45) is 0 Å². The summed E-state index contributed by atoms with van der Waals surface area (Å²) in [4.78, 5) is 9.26. The fraction of sp³-hybridized carbons (Fsp3) is 0.316. The number of nitrogens with one attached hydrogen (secondary N) is 1. The molecule has 0 aliphatic carbocycles. The van der Waals surface area contributed by atoms with Gasteiger partial charge in [-0.3, -0.25) is 9.88 Å². The van der Waals surface area contributed by atoms with Crippen LogP contribution in [0.4, 0.5) is 13.2 Å². The van der Waals surface area contributed by atoms with E-state index >= 15 is 0 Å². The van der Waals surface area contributed by atoms with E-state index in [1.807, 2.05) is 37.3 Å². The maximum atomic E-state index is 13.3. The summed E-state index contributed by atoms with van der Waals surface area (Å²) in [5.41, 5.74) is 3.45. The second-order valence-electron chi connectivity index (χ2n) is 6.71. The minimum absolute atomic E-state index is 0.251. The molecule has 4 rings (SSSR count). The van der Waals surface area contributed by atoms with Gasteiger partial charge in [-0.1, -0.05) is 18.2 Å². The van der Waals surface area contributed by atoms with Crippen LogP contribution >= 0.6 is 15.9 Å². The highest BCUT2D eigenvalue weighted by Crippen LogP contribution is 2.41. The van der Waals surface area contributed by atoms with E-state index < -0.39 is 18.8 Å². The molecule has 26 heavy (non-hydrogen) atoms. The summed E-state index contributed by atoms with van der Waals surface area (Å²) in [7, 11) is 0. The first-order valence-corrected chi connectivity index (χ1v) is 9.16. The second kappa shape index (κ2) is 6.39. The van der Waals surface area contributed by atoms with Crippen LogP contribution in [0.25, 0.3) is 10.9 Å². The van der Waals surface area contributed by atoms with Crippen molar-refractivity contribution < 1.29 is 13.2 Å². The average molecular weight is 424 g/mol. The largest absolute Gasteiger partial charge is 0.401 e. The topological polar surface area (TPSA) is 31.9 Å². The third-order valence-corrected chi connectivity index (χ3v) is 5.38. The number of aromatic amines is 1. The number of hydrogen-bond donors (Lipinski definition) is 1. The second-order valence-corrected chi connectivity index (χ2v) is 7.62.